The molecule has 186 valence electrons. The number of hydrogen-bond acceptors (Lipinski definition) is 3. The Bertz CT molecular complexity index is 876. The largest absolute Gasteiger partial charge is 0.486 e. The average Bonchev–Trinajstić information content (AvgIpc) is 3.62. The Kier molecular flexibility index (Phi) is 9.38. The van der Waals surface area contributed by atoms with E-state index in [1.807, 2.05) is 6.07 Å². The molecule has 34 heavy (non-hydrogen) atoms. The first-order valence-electron chi connectivity index (χ1n) is 13.7. The molecule has 4 heteroatoms. The van der Waals surface area contributed by atoms with Gasteiger partial charge in [-0.3, -0.25) is 0 Å². The van der Waals surface area contributed by atoms with Crippen molar-refractivity contribution < 1.29 is 13.9 Å². The molecule has 4 rings (SSSR count). The van der Waals surface area contributed by atoms with Crippen molar-refractivity contribution in [3.05, 3.63) is 47.9 Å². The van der Waals surface area contributed by atoms with Crippen molar-refractivity contribution >= 4 is 0 Å². The molecule has 2 atom stereocenters. The topological polar surface area (TPSA) is 34.6 Å². The molecule has 2 aromatic rings. The van der Waals surface area contributed by atoms with E-state index in [1.165, 1.54) is 76.2 Å². The molecule has 2 aliphatic rings. The molecule has 1 aliphatic heterocycles. The Hall–Kier alpha value is -1.94. The molecule has 3 nitrogen and oxygen atoms in total. The molecule has 0 bridgehead atoms. The van der Waals surface area contributed by atoms with Crippen LogP contribution in [0.15, 0.2) is 36.4 Å². The molecule has 2 unspecified atom stereocenters. The fourth-order valence-corrected chi connectivity index (χ4v) is 5.43. The number of pyridine rings is 1. The van der Waals surface area contributed by atoms with Gasteiger partial charge >= 0.3 is 0 Å². The van der Waals surface area contributed by atoms with Gasteiger partial charge in [-0.1, -0.05) is 83.1 Å². The maximum Gasteiger partial charge on any atom is 0.255 e. The van der Waals surface area contributed by atoms with Gasteiger partial charge in [0.15, 0.2) is 5.75 Å². The monoisotopic (exact) mass is 467 g/mol. The predicted molar refractivity (Wildman–Crippen MR) is 137 cm³/mol. The van der Waals surface area contributed by atoms with Gasteiger partial charge in [0.1, 0.15) is 12.7 Å². The highest BCUT2D eigenvalue weighted by atomic mass is 19.1. The summed E-state index contributed by atoms with van der Waals surface area (Å²) >= 11 is 0. The molecule has 1 aliphatic carbocycles. The van der Waals surface area contributed by atoms with Crippen LogP contribution in [0.5, 0.6) is 5.75 Å². The summed E-state index contributed by atoms with van der Waals surface area (Å²) in [6.45, 7) is 4.87. The Labute approximate surface area is 205 Å². The van der Waals surface area contributed by atoms with Crippen LogP contribution < -0.4 is 4.74 Å². The highest BCUT2D eigenvalue weighted by Crippen LogP contribution is 2.38. The van der Waals surface area contributed by atoms with Crippen LogP contribution >= 0.6 is 0 Å². The third kappa shape index (κ3) is 7.04. The van der Waals surface area contributed by atoms with Gasteiger partial charge in [0.25, 0.3) is 5.95 Å². The van der Waals surface area contributed by atoms with Crippen molar-refractivity contribution in [3.63, 3.8) is 0 Å². The SMILES string of the molecule is CCCCCC1CCC(c2ccc(-c3ccc(OCC4OC4CCCCC)c(F)n3)cc2)CC1. The van der Waals surface area contributed by atoms with E-state index < -0.39 is 5.95 Å². The number of epoxide rings is 1. The van der Waals surface area contributed by atoms with Gasteiger partial charge in [0.2, 0.25) is 0 Å². The number of aromatic nitrogens is 1. The van der Waals surface area contributed by atoms with Crippen LogP contribution in [-0.2, 0) is 4.74 Å². The molecule has 0 amide bonds. The summed E-state index contributed by atoms with van der Waals surface area (Å²) in [7, 11) is 0. The van der Waals surface area contributed by atoms with Crippen LogP contribution in [0.1, 0.15) is 102 Å². The zero-order valence-corrected chi connectivity index (χ0v) is 21.1. The smallest absolute Gasteiger partial charge is 0.255 e. The number of ether oxygens (including phenoxy) is 2. The normalized spacial score (nSPS) is 24.2. The van der Waals surface area contributed by atoms with Crippen LogP contribution in [0.25, 0.3) is 11.3 Å². The third-order valence-electron chi connectivity index (χ3n) is 7.74. The summed E-state index contributed by atoms with van der Waals surface area (Å²) in [5, 5.41) is 0. The van der Waals surface area contributed by atoms with Crippen molar-refractivity contribution in [2.24, 2.45) is 5.92 Å². The van der Waals surface area contributed by atoms with Crippen LogP contribution in [0.4, 0.5) is 4.39 Å². The highest BCUT2D eigenvalue weighted by molar-refractivity contribution is 5.60. The zero-order chi connectivity index (χ0) is 23.8. The van der Waals surface area contributed by atoms with Crippen LogP contribution in [0.3, 0.4) is 0 Å². The summed E-state index contributed by atoms with van der Waals surface area (Å²) in [6, 6.07) is 12.1. The van der Waals surface area contributed by atoms with Crippen LogP contribution in [0.2, 0.25) is 0 Å². The molecule has 1 saturated carbocycles. The quantitative estimate of drug-likeness (QED) is 0.168. The summed E-state index contributed by atoms with van der Waals surface area (Å²) in [5.74, 6) is 1.24. The number of rotatable bonds is 13. The van der Waals surface area contributed by atoms with E-state index in [0.717, 1.165) is 17.9 Å². The zero-order valence-electron chi connectivity index (χ0n) is 21.1. The van der Waals surface area contributed by atoms with E-state index in [1.54, 1.807) is 6.07 Å². The van der Waals surface area contributed by atoms with E-state index >= 15 is 0 Å². The minimum atomic E-state index is -0.550. The van der Waals surface area contributed by atoms with Crippen molar-refractivity contribution in [1.29, 1.82) is 0 Å². The molecule has 0 radical (unpaired) electrons. The van der Waals surface area contributed by atoms with E-state index in [4.69, 9.17) is 9.47 Å². The van der Waals surface area contributed by atoms with E-state index in [-0.39, 0.29) is 18.0 Å². The molecule has 0 spiro atoms. The first kappa shape index (κ1) is 25.2. The summed E-state index contributed by atoms with van der Waals surface area (Å²) in [4.78, 5) is 4.18. The molecule has 1 saturated heterocycles. The van der Waals surface area contributed by atoms with Gasteiger partial charge in [-0.05, 0) is 61.6 Å². The lowest BCUT2D eigenvalue weighted by Gasteiger charge is -2.29. The molecule has 2 heterocycles. The second-order valence-corrected chi connectivity index (χ2v) is 10.3. The van der Waals surface area contributed by atoms with Gasteiger partial charge < -0.3 is 9.47 Å². The highest BCUT2D eigenvalue weighted by Gasteiger charge is 2.38. The van der Waals surface area contributed by atoms with Gasteiger partial charge in [0, 0.05) is 5.56 Å². The summed E-state index contributed by atoms with van der Waals surface area (Å²) in [5.41, 5.74) is 3.01. The van der Waals surface area contributed by atoms with Gasteiger partial charge in [0.05, 0.1) is 11.8 Å². The van der Waals surface area contributed by atoms with Crippen molar-refractivity contribution in [2.75, 3.05) is 6.61 Å². The second-order valence-electron chi connectivity index (χ2n) is 10.3. The number of nitrogens with zero attached hydrogens (tertiary/aromatic N) is 1. The Morgan fingerprint density at radius 1 is 0.853 bits per heavy atom. The van der Waals surface area contributed by atoms with Crippen LogP contribution in [0, 0.1) is 11.9 Å². The molecule has 0 N–H and O–H groups in total. The number of hydrogen-bond donors (Lipinski definition) is 0. The first-order chi connectivity index (χ1) is 16.7. The Morgan fingerprint density at radius 2 is 1.56 bits per heavy atom. The first-order valence-corrected chi connectivity index (χ1v) is 13.7. The lowest BCUT2D eigenvalue weighted by atomic mass is 9.77. The summed E-state index contributed by atoms with van der Waals surface area (Å²) < 4.78 is 25.9. The lowest BCUT2D eigenvalue weighted by molar-refractivity contribution is 0.248. The van der Waals surface area contributed by atoms with Crippen molar-refractivity contribution in [2.45, 2.75) is 109 Å². The standard InChI is InChI=1S/C30H42FNO2/c1-3-5-7-9-22-11-13-23(14-12-22)24-15-17-25(18-16-24)26-19-20-28(30(31)32-26)33-21-29-27(34-29)10-8-6-4-2/h15-20,22-23,27,29H,3-14,21H2,1-2H3. The number of unbranched alkanes of at least 4 members (excludes halogenated alkanes) is 4. The number of benzene rings is 1. The van der Waals surface area contributed by atoms with Crippen molar-refractivity contribution in [1.82, 2.24) is 4.98 Å². The molecular formula is C30H42FNO2. The second kappa shape index (κ2) is 12.7. The minimum absolute atomic E-state index is 0.0925. The molecular weight excluding hydrogens is 425 g/mol. The summed E-state index contributed by atoms with van der Waals surface area (Å²) in [6.07, 6.45) is 15.8. The van der Waals surface area contributed by atoms with Crippen LogP contribution in [-0.4, -0.2) is 23.8 Å². The maximum absolute atomic E-state index is 14.6. The van der Waals surface area contributed by atoms with E-state index in [0.29, 0.717) is 18.2 Å². The Morgan fingerprint density at radius 3 is 2.24 bits per heavy atom. The van der Waals surface area contributed by atoms with Gasteiger partial charge in [-0.15, -0.1) is 0 Å². The average molecular weight is 468 g/mol. The predicted octanol–water partition coefficient (Wildman–Crippen LogP) is 8.47. The number of halogens is 1. The molecule has 1 aromatic carbocycles. The van der Waals surface area contributed by atoms with Gasteiger partial charge in [-0.25, -0.2) is 4.98 Å². The van der Waals surface area contributed by atoms with E-state index in [9.17, 15) is 4.39 Å². The molecule has 1 aromatic heterocycles. The fraction of sp³-hybridized carbons (Fsp3) is 0.633. The lowest BCUT2D eigenvalue weighted by Crippen LogP contribution is -2.13. The third-order valence-corrected chi connectivity index (χ3v) is 7.74. The Balaban J connectivity index is 1.25. The maximum atomic E-state index is 14.6. The fourth-order valence-electron chi connectivity index (χ4n) is 5.43. The van der Waals surface area contributed by atoms with Crippen molar-refractivity contribution in [3.8, 4) is 17.0 Å². The van der Waals surface area contributed by atoms with Gasteiger partial charge in [-0.2, -0.15) is 4.39 Å². The minimum Gasteiger partial charge on any atom is -0.486 e. The molecule has 2 fully saturated rings. The van der Waals surface area contributed by atoms with E-state index in [2.05, 4.69) is 43.1 Å².